The molecule has 23 heavy (non-hydrogen) atoms. The molecule has 0 aliphatic heterocycles. The van der Waals surface area contributed by atoms with Crippen molar-refractivity contribution in [1.82, 2.24) is 9.88 Å². The molecule has 1 heterocycles. The average molecular weight is 314 g/mol. The van der Waals surface area contributed by atoms with Crippen LogP contribution in [0.2, 0.25) is 0 Å². The lowest BCUT2D eigenvalue weighted by molar-refractivity contribution is 0.0906. The van der Waals surface area contributed by atoms with Crippen LogP contribution in [-0.2, 0) is 6.54 Å². The van der Waals surface area contributed by atoms with E-state index in [2.05, 4.69) is 5.32 Å². The molecule has 1 aliphatic carbocycles. The Hall–Kier alpha value is -2.30. The minimum atomic E-state index is -0.162. The number of nitrogens with zero attached hydrogens (tertiary/aromatic N) is 1. The maximum atomic E-state index is 12.8. The van der Waals surface area contributed by atoms with E-state index in [9.17, 15) is 9.59 Å². The topological polar surface area (TPSA) is 60.3 Å². The Morgan fingerprint density at radius 1 is 1.35 bits per heavy atom. The summed E-state index contributed by atoms with van der Waals surface area (Å²) in [5, 5.41) is 4.37. The van der Waals surface area contributed by atoms with Crippen LogP contribution in [0.4, 0.5) is 0 Å². The van der Waals surface area contributed by atoms with Crippen LogP contribution in [0.3, 0.4) is 0 Å². The van der Waals surface area contributed by atoms with E-state index >= 15 is 0 Å². The van der Waals surface area contributed by atoms with Gasteiger partial charge in [0.15, 0.2) is 0 Å². The molecular weight excluding hydrogens is 292 g/mol. The van der Waals surface area contributed by atoms with Gasteiger partial charge in [0.25, 0.3) is 11.5 Å². The van der Waals surface area contributed by atoms with Gasteiger partial charge in [-0.3, -0.25) is 9.59 Å². The molecule has 1 N–H and O–H groups in total. The Morgan fingerprint density at radius 2 is 2.13 bits per heavy atom. The van der Waals surface area contributed by atoms with Gasteiger partial charge in [-0.25, -0.2) is 0 Å². The largest absolute Gasteiger partial charge is 0.497 e. The summed E-state index contributed by atoms with van der Waals surface area (Å²) >= 11 is 0. The summed E-state index contributed by atoms with van der Waals surface area (Å²) in [6.07, 6.45) is 3.99. The lowest BCUT2D eigenvalue weighted by Crippen LogP contribution is -2.41. The number of aromatic nitrogens is 1. The highest BCUT2D eigenvalue weighted by atomic mass is 16.5. The summed E-state index contributed by atoms with van der Waals surface area (Å²) < 4.78 is 6.81. The summed E-state index contributed by atoms with van der Waals surface area (Å²) in [5.41, 5.74) is 0.315. The summed E-state index contributed by atoms with van der Waals surface area (Å²) in [5.74, 6) is 0.514. The fraction of sp³-hybridized carbons (Fsp3) is 0.444. The van der Waals surface area contributed by atoms with E-state index in [0.29, 0.717) is 23.4 Å². The molecule has 5 heteroatoms. The summed E-state index contributed by atoms with van der Waals surface area (Å²) in [4.78, 5) is 25.3. The first-order valence-electron chi connectivity index (χ1n) is 8.16. The molecule has 0 spiro atoms. The number of fused-ring (bicyclic) bond motifs is 1. The number of rotatable bonds is 5. The number of nitrogens with one attached hydrogen (secondary N) is 1. The van der Waals surface area contributed by atoms with Crippen LogP contribution >= 0.6 is 0 Å². The minimum absolute atomic E-state index is 0.120. The molecule has 0 atom stereocenters. The predicted molar refractivity (Wildman–Crippen MR) is 90.2 cm³/mol. The normalized spacial score (nSPS) is 14.5. The van der Waals surface area contributed by atoms with E-state index in [1.54, 1.807) is 35.9 Å². The van der Waals surface area contributed by atoms with Crippen molar-refractivity contribution < 1.29 is 9.53 Å². The number of amides is 1. The van der Waals surface area contributed by atoms with E-state index in [4.69, 9.17) is 4.74 Å². The Morgan fingerprint density at radius 3 is 2.74 bits per heavy atom. The molecule has 0 bridgehead atoms. The fourth-order valence-electron chi connectivity index (χ4n) is 2.91. The third kappa shape index (κ3) is 2.96. The average Bonchev–Trinajstić information content (AvgIpc) is 2.52. The molecule has 2 aromatic rings. The molecule has 1 aromatic carbocycles. The monoisotopic (exact) mass is 314 g/mol. The maximum absolute atomic E-state index is 12.8. The number of hydrogen-bond donors (Lipinski definition) is 1. The zero-order valence-electron chi connectivity index (χ0n) is 13.6. The van der Waals surface area contributed by atoms with Gasteiger partial charge in [0, 0.05) is 18.0 Å². The van der Waals surface area contributed by atoms with Gasteiger partial charge < -0.3 is 14.6 Å². The number of hydrogen-bond acceptors (Lipinski definition) is 3. The van der Waals surface area contributed by atoms with Crippen molar-refractivity contribution >= 4 is 16.7 Å². The molecule has 0 unspecified atom stereocenters. The zero-order valence-corrected chi connectivity index (χ0v) is 13.6. The number of pyridine rings is 1. The second kappa shape index (κ2) is 6.44. The third-order valence-electron chi connectivity index (χ3n) is 4.44. The Balaban J connectivity index is 2.10. The van der Waals surface area contributed by atoms with Crippen molar-refractivity contribution in [3.8, 4) is 5.75 Å². The van der Waals surface area contributed by atoms with Crippen molar-refractivity contribution in [3.05, 3.63) is 40.3 Å². The third-order valence-corrected chi connectivity index (χ3v) is 4.44. The van der Waals surface area contributed by atoms with Crippen molar-refractivity contribution in [2.75, 3.05) is 7.11 Å². The summed E-state index contributed by atoms with van der Waals surface area (Å²) in [7, 11) is 1.59. The molecule has 1 amide bonds. The van der Waals surface area contributed by atoms with Gasteiger partial charge in [-0.15, -0.1) is 0 Å². The number of carbonyl (C=O) groups excluding carboxylic acids is 1. The van der Waals surface area contributed by atoms with Gasteiger partial charge in [-0.05, 0) is 55.3 Å². The standard InChI is InChI=1S/C18H22N2O3/c1-3-9-20-16(17(21)19-13-5-4-6-13)11-12-10-14(23-2)7-8-15(12)18(20)22/h7-8,10-11,13H,3-6,9H2,1-2H3,(H,19,21). The second-order valence-corrected chi connectivity index (χ2v) is 6.04. The van der Waals surface area contributed by atoms with E-state index in [1.165, 1.54) is 0 Å². The molecule has 1 fully saturated rings. The van der Waals surface area contributed by atoms with Crippen LogP contribution in [0.25, 0.3) is 10.8 Å². The van der Waals surface area contributed by atoms with Crippen LogP contribution in [0, 0.1) is 0 Å². The van der Waals surface area contributed by atoms with Crippen LogP contribution in [0.1, 0.15) is 43.1 Å². The van der Waals surface area contributed by atoms with E-state index in [1.807, 2.05) is 6.92 Å². The van der Waals surface area contributed by atoms with Crippen molar-refractivity contribution in [2.24, 2.45) is 0 Å². The molecule has 1 aliphatic rings. The van der Waals surface area contributed by atoms with E-state index < -0.39 is 0 Å². The van der Waals surface area contributed by atoms with Gasteiger partial charge in [-0.1, -0.05) is 6.92 Å². The van der Waals surface area contributed by atoms with Crippen molar-refractivity contribution in [1.29, 1.82) is 0 Å². The molecule has 3 rings (SSSR count). The minimum Gasteiger partial charge on any atom is -0.497 e. The molecule has 122 valence electrons. The highest BCUT2D eigenvalue weighted by molar-refractivity contribution is 5.97. The highest BCUT2D eigenvalue weighted by Crippen LogP contribution is 2.21. The van der Waals surface area contributed by atoms with Gasteiger partial charge in [0.05, 0.1) is 7.11 Å². The smallest absolute Gasteiger partial charge is 0.268 e. The van der Waals surface area contributed by atoms with Crippen LogP contribution in [0.15, 0.2) is 29.1 Å². The molecule has 5 nitrogen and oxygen atoms in total. The van der Waals surface area contributed by atoms with Crippen LogP contribution in [-0.4, -0.2) is 23.6 Å². The number of ether oxygens (including phenoxy) is 1. The first-order chi connectivity index (χ1) is 11.1. The lowest BCUT2D eigenvalue weighted by atomic mass is 9.93. The van der Waals surface area contributed by atoms with E-state index in [-0.39, 0.29) is 17.5 Å². The molecular formula is C18H22N2O3. The Kier molecular flexibility index (Phi) is 4.37. The number of methoxy groups -OCH3 is 1. The molecule has 1 saturated carbocycles. The first kappa shape index (κ1) is 15.6. The summed E-state index contributed by atoms with van der Waals surface area (Å²) in [6.45, 7) is 2.53. The Labute approximate surface area is 135 Å². The van der Waals surface area contributed by atoms with Gasteiger partial charge in [0.2, 0.25) is 0 Å². The van der Waals surface area contributed by atoms with E-state index in [0.717, 1.165) is 31.1 Å². The maximum Gasteiger partial charge on any atom is 0.268 e. The second-order valence-electron chi connectivity index (χ2n) is 6.04. The lowest BCUT2D eigenvalue weighted by Gasteiger charge is -2.27. The number of carbonyl (C=O) groups is 1. The molecule has 0 saturated heterocycles. The Bertz CT molecular complexity index is 791. The van der Waals surface area contributed by atoms with Gasteiger partial charge in [0.1, 0.15) is 11.4 Å². The highest BCUT2D eigenvalue weighted by Gasteiger charge is 2.22. The van der Waals surface area contributed by atoms with Crippen LogP contribution in [0.5, 0.6) is 5.75 Å². The quantitative estimate of drug-likeness (QED) is 0.923. The molecule has 0 radical (unpaired) electrons. The van der Waals surface area contributed by atoms with Gasteiger partial charge in [-0.2, -0.15) is 0 Å². The predicted octanol–water partition coefficient (Wildman–Crippen LogP) is 2.70. The van der Waals surface area contributed by atoms with Crippen molar-refractivity contribution in [2.45, 2.75) is 45.2 Å². The zero-order chi connectivity index (χ0) is 16.4. The van der Waals surface area contributed by atoms with Crippen molar-refractivity contribution in [3.63, 3.8) is 0 Å². The molecule has 1 aromatic heterocycles. The van der Waals surface area contributed by atoms with Gasteiger partial charge >= 0.3 is 0 Å². The number of benzene rings is 1. The van der Waals surface area contributed by atoms with Crippen LogP contribution < -0.4 is 15.6 Å². The first-order valence-corrected chi connectivity index (χ1v) is 8.16. The SMILES string of the molecule is CCCn1c(C(=O)NC2CCC2)cc2cc(OC)ccc2c1=O. The summed E-state index contributed by atoms with van der Waals surface area (Å²) in [6, 6.07) is 7.37. The fourth-order valence-corrected chi connectivity index (χ4v) is 2.91.